The summed E-state index contributed by atoms with van der Waals surface area (Å²) in [4.78, 5) is 2.38. The van der Waals surface area contributed by atoms with Gasteiger partial charge in [0.2, 0.25) is 0 Å². The molecule has 0 amide bonds. The molecule has 0 saturated heterocycles. The minimum Gasteiger partial charge on any atom is -0.398 e. The molecular formula is C17H19ClN2. The summed E-state index contributed by atoms with van der Waals surface area (Å²) in [5.74, 6) is 0. The first kappa shape index (κ1) is 13.3. The van der Waals surface area contributed by atoms with Crippen molar-refractivity contribution in [2.45, 2.75) is 26.3 Å². The Labute approximate surface area is 125 Å². The highest BCUT2D eigenvalue weighted by Crippen LogP contribution is 2.32. The van der Waals surface area contributed by atoms with E-state index in [2.05, 4.69) is 30.0 Å². The molecule has 0 saturated carbocycles. The van der Waals surface area contributed by atoms with Gasteiger partial charge in [0.1, 0.15) is 0 Å². The third-order valence-electron chi connectivity index (χ3n) is 3.95. The quantitative estimate of drug-likeness (QED) is 0.839. The fourth-order valence-electron chi connectivity index (χ4n) is 2.90. The first-order chi connectivity index (χ1) is 9.65. The fraction of sp³-hybridized carbons (Fsp3) is 0.294. The third kappa shape index (κ3) is 2.48. The summed E-state index contributed by atoms with van der Waals surface area (Å²) in [5.41, 5.74) is 12.0. The standard InChI is InChI=1S/C17H19ClN2/c1-12-7-8-17-13(10-12)4-3-9-20(17)11-14-15(18)5-2-6-16(14)19/h2,5-8,10H,3-4,9,11,19H2,1H3. The van der Waals surface area contributed by atoms with Crippen LogP contribution in [0.15, 0.2) is 36.4 Å². The van der Waals surface area contributed by atoms with E-state index in [4.69, 9.17) is 17.3 Å². The Balaban J connectivity index is 1.94. The van der Waals surface area contributed by atoms with Crippen molar-refractivity contribution in [1.29, 1.82) is 0 Å². The number of halogens is 1. The average molecular weight is 287 g/mol. The van der Waals surface area contributed by atoms with Crippen molar-refractivity contribution >= 4 is 23.0 Å². The van der Waals surface area contributed by atoms with Crippen molar-refractivity contribution in [2.24, 2.45) is 0 Å². The Morgan fingerprint density at radius 1 is 1.25 bits per heavy atom. The van der Waals surface area contributed by atoms with Crippen LogP contribution in [0.1, 0.15) is 23.1 Å². The minimum absolute atomic E-state index is 0.754. The molecule has 104 valence electrons. The summed E-state index contributed by atoms with van der Waals surface area (Å²) in [6.07, 6.45) is 2.34. The van der Waals surface area contributed by atoms with E-state index in [9.17, 15) is 0 Å². The number of benzene rings is 2. The smallest absolute Gasteiger partial charge is 0.0476 e. The number of aryl methyl sites for hydroxylation is 2. The number of anilines is 2. The first-order valence-corrected chi connectivity index (χ1v) is 7.40. The second-order valence-electron chi connectivity index (χ2n) is 5.46. The molecular weight excluding hydrogens is 268 g/mol. The number of hydrogen-bond acceptors (Lipinski definition) is 2. The average Bonchev–Trinajstić information content (AvgIpc) is 2.42. The highest BCUT2D eigenvalue weighted by molar-refractivity contribution is 6.31. The van der Waals surface area contributed by atoms with E-state index in [-0.39, 0.29) is 0 Å². The van der Waals surface area contributed by atoms with Crippen LogP contribution in [0, 0.1) is 6.92 Å². The van der Waals surface area contributed by atoms with Crippen molar-refractivity contribution in [2.75, 3.05) is 17.2 Å². The van der Waals surface area contributed by atoms with E-state index in [1.165, 1.54) is 23.2 Å². The van der Waals surface area contributed by atoms with Crippen LogP contribution in [0.2, 0.25) is 5.02 Å². The number of fused-ring (bicyclic) bond motifs is 1. The Morgan fingerprint density at radius 2 is 2.10 bits per heavy atom. The fourth-order valence-corrected chi connectivity index (χ4v) is 3.14. The van der Waals surface area contributed by atoms with Crippen molar-refractivity contribution < 1.29 is 0 Å². The van der Waals surface area contributed by atoms with Crippen LogP contribution in [0.25, 0.3) is 0 Å². The van der Waals surface area contributed by atoms with Gasteiger partial charge in [-0.25, -0.2) is 0 Å². The summed E-state index contributed by atoms with van der Waals surface area (Å²) < 4.78 is 0. The van der Waals surface area contributed by atoms with Crippen LogP contribution in [-0.2, 0) is 13.0 Å². The topological polar surface area (TPSA) is 29.3 Å². The Morgan fingerprint density at radius 3 is 2.90 bits per heavy atom. The molecule has 1 aliphatic heterocycles. The molecule has 3 rings (SSSR count). The van der Waals surface area contributed by atoms with Gasteiger partial charge in [0.25, 0.3) is 0 Å². The summed E-state index contributed by atoms with van der Waals surface area (Å²) in [5, 5.41) is 0.754. The zero-order valence-corrected chi connectivity index (χ0v) is 12.5. The van der Waals surface area contributed by atoms with Gasteiger partial charge in [0.15, 0.2) is 0 Å². The van der Waals surface area contributed by atoms with E-state index >= 15 is 0 Å². The predicted molar refractivity (Wildman–Crippen MR) is 86.4 cm³/mol. The Bertz CT molecular complexity index is 617. The Hall–Kier alpha value is -1.67. The summed E-state index contributed by atoms with van der Waals surface area (Å²) in [7, 11) is 0. The molecule has 2 aromatic carbocycles. The van der Waals surface area contributed by atoms with Crippen LogP contribution in [-0.4, -0.2) is 6.54 Å². The molecule has 0 atom stereocenters. The molecule has 0 aliphatic carbocycles. The second kappa shape index (κ2) is 5.37. The van der Waals surface area contributed by atoms with Crippen molar-refractivity contribution in [3.05, 3.63) is 58.1 Å². The third-order valence-corrected chi connectivity index (χ3v) is 4.31. The molecule has 1 aliphatic rings. The molecule has 0 bridgehead atoms. The first-order valence-electron chi connectivity index (χ1n) is 7.02. The minimum atomic E-state index is 0.754. The number of nitrogens with two attached hydrogens (primary N) is 1. The molecule has 0 spiro atoms. The molecule has 2 aromatic rings. The van der Waals surface area contributed by atoms with Gasteiger partial charge in [0, 0.05) is 35.1 Å². The van der Waals surface area contributed by atoms with Gasteiger partial charge in [-0.3, -0.25) is 0 Å². The molecule has 2 N–H and O–H groups in total. The van der Waals surface area contributed by atoms with E-state index < -0.39 is 0 Å². The van der Waals surface area contributed by atoms with Gasteiger partial charge in [0.05, 0.1) is 0 Å². The van der Waals surface area contributed by atoms with Crippen molar-refractivity contribution in [3.63, 3.8) is 0 Å². The highest BCUT2D eigenvalue weighted by atomic mass is 35.5. The van der Waals surface area contributed by atoms with Crippen LogP contribution in [0.5, 0.6) is 0 Å². The lowest BCUT2D eigenvalue weighted by molar-refractivity contribution is 0.691. The molecule has 3 heteroatoms. The predicted octanol–water partition coefficient (Wildman–Crippen LogP) is 4.18. The van der Waals surface area contributed by atoms with E-state index in [0.29, 0.717) is 0 Å². The van der Waals surface area contributed by atoms with Crippen LogP contribution in [0.4, 0.5) is 11.4 Å². The number of hydrogen-bond donors (Lipinski definition) is 1. The number of rotatable bonds is 2. The lowest BCUT2D eigenvalue weighted by Crippen LogP contribution is -2.29. The maximum Gasteiger partial charge on any atom is 0.0476 e. The zero-order valence-electron chi connectivity index (χ0n) is 11.7. The molecule has 2 nitrogen and oxygen atoms in total. The van der Waals surface area contributed by atoms with E-state index in [1.54, 1.807) is 0 Å². The lowest BCUT2D eigenvalue weighted by atomic mass is 9.99. The molecule has 0 aromatic heterocycles. The van der Waals surface area contributed by atoms with Gasteiger partial charge in [-0.05, 0) is 43.5 Å². The normalized spacial score (nSPS) is 14.2. The monoisotopic (exact) mass is 286 g/mol. The van der Waals surface area contributed by atoms with Gasteiger partial charge in [-0.1, -0.05) is 35.4 Å². The van der Waals surface area contributed by atoms with Crippen molar-refractivity contribution in [3.8, 4) is 0 Å². The van der Waals surface area contributed by atoms with Crippen LogP contribution < -0.4 is 10.6 Å². The van der Waals surface area contributed by atoms with Gasteiger partial charge in [-0.15, -0.1) is 0 Å². The number of nitrogens with zero attached hydrogens (tertiary/aromatic N) is 1. The maximum atomic E-state index is 6.29. The van der Waals surface area contributed by atoms with Crippen LogP contribution >= 0.6 is 11.6 Å². The van der Waals surface area contributed by atoms with Gasteiger partial charge in [-0.2, -0.15) is 0 Å². The number of nitrogen functional groups attached to an aromatic ring is 1. The lowest BCUT2D eigenvalue weighted by Gasteiger charge is -2.32. The SMILES string of the molecule is Cc1ccc2c(c1)CCCN2Cc1c(N)cccc1Cl. The second-order valence-corrected chi connectivity index (χ2v) is 5.87. The molecule has 0 fully saturated rings. The van der Waals surface area contributed by atoms with Crippen LogP contribution in [0.3, 0.4) is 0 Å². The molecule has 0 unspecified atom stereocenters. The van der Waals surface area contributed by atoms with E-state index in [1.807, 2.05) is 18.2 Å². The Kier molecular flexibility index (Phi) is 3.58. The molecule has 20 heavy (non-hydrogen) atoms. The highest BCUT2D eigenvalue weighted by Gasteiger charge is 2.18. The van der Waals surface area contributed by atoms with Gasteiger partial charge < -0.3 is 10.6 Å². The zero-order chi connectivity index (χ0) is 14.1. The largest absolute Gasteiger partial charge is 0.398 e. The summed E-state index contributed by atoms with van der Waals surface area (Å²) >= 11 is 6.29. The molecule has 0 radical (unpaired) electrons. The van der Waals surface area contributed by atoms with Crippen molar-refractivity contribution in [1.82, 2.24) is 0 Å². The summed E-state index contributed by atoms with van der Waals surface area (Å²) in [6, 6.07) is 12.4. The van der Waals surface area contributed by atoms with E-state index in [0.717, 1.165) is 35.8 Å². The van der Waals surface area contributed by atoms with Gasteiger partial charge >= 0.3 is 0 Å². The summed E-state index contributed by atoms with van der Waals surface area (Å²) in [6.45, 7) is 3.98. The molecule has 1 heterocycles. The maximum absolute atomic E-state index is 6.29.